The third kappa shape index (κ3) is 5.76. The minimum Gasteiger partial charge on any atom is -0.497 e. The van der Waals surface area contributed by atoms with E-state index in [-0.39, 0.29) is 22.3 Å². The number of hydrogen-bond donors (Lipinski definition) is 1. The van der Waals surface area contributed by atoms with E-state index in [1.165, 1.54) is 25.1 Å². The predicted molar refractivity (Wildman–Crippen MR) is 108 cm³/mol. The average Bonchev–Trinajstić information content (AvgIpc) is 2.58. The fourth-order valence-corrected chi connectivity index (χ4v) is 4.23. The van der Waals surface area contributed by atoms with Crippen molar-refractivity contribution in [2.75, 3.05) is 17.7 Å². The maximum Gasteiger partial charge on any atom is 0.243 e. The number of nitrogens with one attached hydrogen (secondary N) is 1. The first-order valence-electron chi connectivity index (χ1n) is 7.98. The summed E-state index contributed by atoms with van der Waals surface area (Å²) in [6, 6.07) is 10.6. The fraction of sp³-hybridized carbons (Fsp3) is 0.278. The molecule has 9 heteroatoms. The van der Waals surface area contributed by atoms with Gasteiger partial charge in [-0.05, 0) is 42.8 Å². The molecule has 2 rings (SSSR count). The van der Waals surface area contributed by atoms with Crippen LogP contribution in [0.5, 0.6) is 5.75 Å². The van der Waals surface area contributed by atoms with Gasteiger partial charge in [0.05, 0.1) is 19.1 Å². The van der Waals surface area contributed by atoms with Gasteiger partial charge in [0.1, 0.15) is 11.8 Å². The molecule has 1 N–H and O–H groups in total. The van der Waals surface area contributed by atoms with Crippen LogP contribution in [0.2, 0.25) is 10.0 Å². The lowest BCUT2D eigenvalue weighted by Crippen LogP contribution is -2.47. The first kappa shape index (κ1) is 21.3. The van der Waals surface area contributed by atoms with Gasteiger partial charge in [-0.2, -0.15) is 0 Å². The van der Waals surface area contributed by atoms with Crippen LogP contribution in [0.15, 0.2) is 42.5 Å². The van der Waals surface area contributed by atoms with Crippen molar-refractivity contribution >= 4 is 44.8 Å². The van der Waals surface area contributed by atoms with Gasteiger partial charge in [-0.25, -0.2) is 8.42 Å². The maximum absolute atomic E-state index is 12.6. The van der Waals surface area contributed by atoms with Gasteiger partial charge in [0.15, 0.2) is 0 Å². The lowest BCUT2D eigenvalue weighted by molar-refractivity contribution is -0.122. The molecule has 27 heavy (non-hydrogen) atoms. The molecule has 0 aliphatic heterocycles. The summed E-state index contributed by atoms with van der Waals surface area (Å²) in [4.78, 5) is 12.6. The van der Waals surface area contributed by atoms with Gasteiger partial charge in [0, 0.05) is 16.6 Å². The summed E-state index contributed by atoms with van der Waals surface area (Å²) in [5, 5.41) is 3.29. The van der Waals surface area contributed by atoms with Gasteiger partial charge >= 0.3 is 0 Å². The summed E-state index contributed by atoms with van der Waals surface area (Å²) in [5.41, 5.74) is 1.08. The number of benzene rings is 2. The topological polar surface area (TPSA) is 75.7 Å². The van der Waals surface area contributed by atoms with Crippen LogP contribution in [0.1, 0.15) is 12.5 Å². The fourth-order valence-electron chi connectivity index (χ4n) is 2.56. The van der Waals surface area contributed by atoms with Crippen molar-refractivity contribution in [1.82, 2.24) is 5.32 Å². The normalized spacial score (nSPS) is 12.3. The molecule has 0 aromatic heterocycles. The highest BCUT2D eigenvalue weighted by atomic mass is 35.5. The summed E-state index contributed by atoms with van der Waals surface area (Å²) in [7, 11) is -2.18. The lowest BCUT2D eigenvalue weighted by atomic mass is 10.2. The van der Waals surface area contributed by atoms with Crippen molar-refractivity contribution in [3.05, 3.63) is 58.1 Å². The maximum atomic E-state index is 12.6. The third-order valence-electron chi connectivity index (χ3n) is 3.82. The number of halogens is 2. The van der Waals surface area contributed by atoms with Crippen LogP contribution in [-0.2, 0) is 21.4 Å². The predicted octanol–water partition coefficient (Wildman–Crippen LogP) is 3.47. The zero-order valence-corrected chi connectivity index (χ0v) is 17.4. The Hall–Kier alpha value is -1.96. The quantitative estimate of drug-likeness (QED) is 0.729. The Morgan fingerprint density at radius 3 is 2.19 bits per heavy atom. The lowest BCUT2D eigenvalue weighted by Gasteiger charge is -2.28. The molecule has 6 nitrogen and oxygen atoms in total. The van der Waals surface area contributed by atoms with Crippen LogP contribution in [0.3, 0.4) is 0 Å². The Kier molecular flexibility index (Phi) is 6.97. The first-order chi connectivity index (χ1) is 12.6. The molecule has 2 aromatic carbocycles. The standard InChI is InChI=1S/C18H20Cl2N2O4S/c1-12(18(23)21-11-13-4-6-17(26-2)7-5-13)22(27(3,24)25)16-9-14(19)8-15(20)10-16/h4-10,12H,11H2,1-3H3,(H,21,23)/t12-/m1/s1. The first-order valence-corrected chi connectivity index (χ1v) is 10.6. The molecule has 146 valence electrons. The number of amides is 1. The Morgan fingerprint density at radius 1 is 1.15 bits per heavy atom. The van der Waals surface area contributed by atoms with Crippen molar-refractivity contribution in [2.45, 2.75) is 19.5 Å². The van der Waals surface area contributed by atoms with Crippen LogP contribution < -0.4 is 14.4 Å². The summed E-state index contributed by atoms with van der Waals surface area (Å²) in [6.45, 7) is 1.75. The summed E-state index contributed by atoms with van der Waals surface area (Å²) in [5.74, 6) is 0.256. The van der Waals surface area contributed by atoms with Gasteiger partial charge in [-0.1, -0.05) is 35.3 Å². The van der Waals surface area contributed by atoms with Gasteiger partial charge in [-0.15, -0.1) is 0 Å². The second-order valence-electron chi connectivity index (χ2n) is 5.93. The molecule has 0 radical (unpaired) electrons. The summed E-state index contributed by atoms with van der Waals surface area (Å²) < 4.78 is 30.7. The highest BCUT2D eigenvalue weighted by Crippen LogP contribution is 2.28. The zero-order valence-electron chi connectivity index (χ0n) is 15.1. The van der Waals surface area contributed by atoms with Gasteiger partial charge in [0.25, 0.3) is 0 Å². The largest absolute Gasteiger partial charge is 0.497 e. The molecular weight excluding hydrogens is 411 g/mol. The van der Waals surface area contributed by atoms with E-state index in [9.17, 15) is 13.2 Å². The molecule has 0 unspecified atom stereocenters. The molecule has 0 heterocycles. The number of carbonyl (C=O) groups excluding carboxylic acids is 1. The van der Waals surface area contributed by atoms with E-state index >= 15 is 0 Å². The van der Waals surface area contributed by atoms with Crippen LogP contribution in [0, 0.1) is 0 Å². The minimum atomic E-state index is -3.75. The van der Waals surface area contributed by atoms with Crippen molar-refractivity contribution in [3.63, 3.8) is 0 Å². The molecule has 0 aliphatic carbocycles. The summed E-state index contributed by atoms with van der Waals surface area (Å²) >= 11 is 12.0. The molecule has 0 saturated heterocycles. The molecule has 2 aromatic rings. The number of nitrogens with zero attached hydrogens (tertiary/aromatic N) is 1. The van der Waals surface area contributed by atoms with Crippen molar-refractivity contribution in [3.8, 4) is 5.75 Å². The van der Waals surface area contributed by atoms with E-state index in [2.05, 4.69) is 5.32 Å². The summed E-state index contributed by atoms with van der Waals surface area (Å²) in [6.07, 6.45) is 1.02. The zero-order chi connectivity index (χ0) is 20.2. The van der Waals surface area contributed by atoms with E-state index in [4.69, 9.17) is 27.9 Å². The van der Waals surface area contributed by atoms with Crippen molar-refractivity contribution < 1.29 is 17.9 Å². The van der Waals surface area contributed by atoms with E-state index in [1.807, 2.05) is 12.1 Å². The number of hydrogen-bond acceptors (Lipinski definition) is 4. The third-order valence-corrected chi connectivity index (χ3v) is 5.49. The highest BCUT2D eigenvalue weighted by Gasteiger charge is 2.29. The van der Waals surface area contributed by atoms with Gasteiger partial charge < -0.3 is 10.1 Å². The number of methoxy groups -OCH3 is 1. The Balaban J connectivity index is 2.19. The van der Waals surface area contributed by atoms with Crippen molar-refractivity contribution in [2.24, 2.45) is 0 Å². The van der Waals surface area contributed by atoms with Crippen molar-refractivity contribution in [1.29, 1.82) is 0 Å². The Morgan fingerprint density at radius 2 is 1.70 bits per heavy atom. The Labute approximate surface area is 169 Å². The average molecular weight is 431 g/mol. The van der Waals surface area contributed by atoms with Crippen LogP contribution in [0.25, 0.3) is 0 Å². The molecule has 1 atom stereocenters. The highest BCUT2D eigenvalue weighted by molar-refractivity contribution is 7.92. The molecular formula is C18H20Cl2N2O4S. The number of anilines is 1. The van der Waals surface area contributed by atoms with Crippen LogP contribution in [-0.4, -0.2) is 33.7 Å². The SMILES string of the molecule is COc1ccc(CNC(=O)[C@@H](C)N(c2cc(Cl)cc(Cl)c2)S(C)(=O)=O)cc1. The number of carbonyl (C=O) groups is 1. The smallest absolute Gasteiger partial charge is 0.243 e. The van der Waals surface area contributed by atoms with Crippen LogP contribution >= 0.6 is 23.2 Å². The number of sulfonamides is 1. The monoisotopic (exact) mass is 430 g/mol. The minimum absolute atomic E-state index is 0.224. The number of rotatable bonds is 7. The molecule has 0 fully saturated rings. The molecule has 0 saturated carbocycles. The Bertz CT molecular complexity index is 897. The van der Waals surface area contributed by atoms with E-state index < -0.39 is 22.0 Å². The number of ether oxygens (including phenoxy) is 1. The molecule has 0 aliphatic rings. The van der Waals surface area contributed by atoms with Gasteiger partial charge in [-0.3, -0.25) is 9.10 Å². The molecule has 0 spiro atoms. The van der Waals surface area contributed by atoms with E-state index in [0.717, 1.165) is 16.1 Å². The molecule has 1 amide bonds. The van der Waals surface area contributed by atoms with Gasteiger partial charge in [0.2, 0.25) is 15.9 Å². The van der Waals surface area contributed by atoms with Crippen LogP contribution in [0.4, 0.5) is 5.69 Å². The van der Waals surface area contributed by atoms with E-state index in [0.29, 0.717) is 5.75 Å². The second kappa shape index (κ2) is 8.82. The molecule has 0 bridgehead atoms. The second-order valence-corrected chi connectivity index (χ2v) is 8.66. The van der Waals surface area contributed by atoms with E-state index in [1.54, 1.807) is 19.2 Å².